The van der Waals surface area contributed by atoms with Gasteiger partial charge in [-0.1, -0.05) is 20.8 Å². The smallest absolute Gasteiger partial charge is 0.119 e. The molecule has 0 aliphatic carbocycles. The molecule has 1 N–H and O–H groups in total. The Morgan fingerprint density at radius 3 is 2.87 bits per heavy atom. The zero-order valence-corrected chi connectivity index (χ0v) is 9.76. The molecule has 2 nitrogen and oxygen atoms in total. The monoisotopic (exact) mass is 205 g/mol. The minimum Gasteiger partial charge on any atom is -0.493 e. The van der Waals surface area contributed by atoms with Crippen molar-refractivity contribution in [3.05, 3.63) is 23.8 Å². The number of rotatable bonds is 2. The van der Waals surface area contributed by atoms with Crippen molar-refractivity contribution in [2.75, 3.05) is 18.5 Å². The van der Waals surface area contributed by atoms with Crippen LogP contribution in [-0.4, -0.2) is 13.2 Å². The van der Waals surface area contributed by atoms with Crippen LogP contribution in [0.4, 0.5) is 5.69 Å². The summed E-state index contributed by atoms with van der Waals surface area (Å²) in [6.45, 7) is 8.36. The minimum atomic E-state index is 0.220. The maximum Gasteiger partial charge on any atom is 0.119 e. The first kappa shape index (κ1) is 10.3. The molecule has 82 valence electrons. The van der Waals surface area contributed by atoms with E-state index in [-0.39, 0.29) is 5.41 Å². The van der Waals surface area contributed by atoms with Crippen molar-refractivity contribution in [1.29, 1.82) is 0 Å². The summed E-state index contributed by atoms with van der Waals surface area (Å²) in [6.07, 6.45) is 1.11. The SMILES string of the molecule is CC(C)(C)COc1ccc2c(c1)CCN2. The summed E-state index contributed by atoms with van der Waals surface area (Å²) < 4.78 is 5.77. The molecule has 0 fully saturated rings. The highest BCUT2D eigenvalue weighted by atomic mass is 16.5. The van der Waals surface area contributed by atoms with Crippen LogP contribution in [0, 0.1) is 5.41 Å². The molecule has 1 aliphatic heterocycles. The summed E-state index contributed by atoms with van der Waals surface area (Å²) in [5.41, 5.74) is 2.86. The van der Waals surface area contributed by atoms with Crippen molar-refractivity contribution in [2.45, 2.75) is 27.2 Å². The maximum atomic E-state index is 5.77. The van der Waals surface area contributed by atoms with Crippen LogP contribution in [0.5, 0.6) is 5.75 Å². The van der Waals surface area contributed by atoms with Gasteiger partial charge in [0.25, 0.3) is 0 Å². The van der Waals surface area contributed by atoms with Crippen LogP contribution >= 0.6 is 0 Å². The zero-order chi connectivity index (χ0) is 10.9. The Morgan fingerprint density at radius 2 is 2.13 bits per heavy atom. The van der Waals surface area contributed by atoms with Gasteiger partial charge < -0.3 is 10.1 Å². The van der Waals surface area contributed by atoms with E-state index in [0.29, 0.717) is 0 Å². The van der Waals surface area contributed by atoms with Crippen LogP contribution in [-0.2, 0) is 6.42 Å². The van der Waals surface area contributed by atoms with Crippen LogP contribution in [0.2, 0.25) is 0 Å². The van der Waals surface area contributed by atoms with Crippen molar-refractivity contribution < 1.29 is 4.74 Å². The largest absolute Gasteiger partial charge is 0.493 e. The average Bonchev–Trinajstić information content (AvgIpc) is 2.60. The van der Waals surface area contributed by atoms with Gasteiger partial charge in [-0.2, -0.15) is 0 Å². The molecule has 0 bridgehead atoms. The first-order chi connectivity index (χ1) is 7.04. The Labute approximate surface area is 91.6 Å². The Kier molecular flexibility index (Phi) is 2.59. The fourth-order valence-corrected chi connectivity index (χ4v) is 1.67. The summed E-state index contributed by atoms with van der Waals surface area (Å²) in [7, 11) is 0. The molecule has 2 heteroatoms. The predicted octanol–water partition coefficient (Wildman–Crippen LogP) is 3.08. The van der Waals surface area contributed by atoms with Gasteiger partial charge in [-0.15, -0.1) is 0 Å². The minimum absolute atomic E-state index is 0.220. The Hall–Kier alpha value is -1.18. The van der Waals surface area contributed by atoms with Crippen molar-refractivity contribution >= 4 is 5.69 Å². The Morgan fingerprint density at radius 1 is 1.33 bits per heavy atom. The first-order valence-electron chi connectivity index (χ1n) is 5.54. The van der Waals surface area contributed by atoms with Crippen LogP contribution < -0.4 is 10.1 Å². The van der Waals surface area contributed by atoms with E-state index in [4.69, 9.17) is 4.74 Å². The summed E-state index contributed by atoms with van der Waals surface area (Å²) >= 11 is 0. The third-order valence-corrected chi connectivity index (χ3v) is 2.46. The lowest BCUT2D eigenvalue weighted by atomic mass is 9.99. The molecule has 0 amide bonds. The van der Waals surface area contributed by atoms with Crippen molar-refractivity contribution in [3.63, 3.8) is 0 Å². The van der Waals surface area contributed by atoms with Gasteiger partial charge in [-0.3, -0.25) is 0 Å². The van der Waals surface area contributed by atoms with Crippen LogP contribution in [0.15, 0.2) is 18.2 Å². The zero-order valence-electron chi connectivity index (χ0n) is 9.76. The molecule has 0 saturated carbocycles. The highest BCUT2D eigenvalue weighted by molar-refractivity contribution is 5.57. The highest BCUT2D eigenvalue weighted by Crippen LogP contribution is 2.27. The number of anilines is 1. The molecule has 0 radical (unpaired) electrons. The molecule has 0 spiro atoms. The lowest BCUT2D eigenvalue weighted by Crippen LogP contribution is -2.16. The lowest BCUT2D eigenvalue weighted by Gasteiger charge is -2.19. The van der Waals surface area contributed by atoms with E-state index in [2.05, 4.69) is 38.2 Å². The van der Waals surface area contributed by atoms with Crippen LogP contribution in [0.1, 0.15) is 26.3 Å². The van der Waals surface area contributed by atoms with E-state index >= 15 is 0 Å². The fourth-order valence-electron chi connectivity index (χ4n) is 1.67. The molecular formula is C13H19NO. The second-order valence-electron chi connectivity index (χ2n) is 5.35. The Bertz CT molecular complexity index is 352. The number of ether oxygens (including phenoxy) is 1. The molecule has 0 aromatic heterocycles. The summed E-state index contributed by atoms with van der Waals surface area (Å²) in [6, 6.07) is 6.31. The van der Waals surface area contributed by atoms with E-state index in [9.17, 15) is 0 Å². The van der Waals surface area contributed by atoms with Crippen LogP contribution in [0.25, 0.3) is 0 Å². The van der Waals surface area contributed by atoms with Crippen molar-refractivity contribution in [2.24, 2.45) is 5.41 Å². The topological polar surface area (TPSA) is 21.3 Å². The number of hydrogen-bond acceptors (Lipinski definition) is 2. The van der Waals surface area contributed by atoms with E-state index in [1.165, 1.54) is 11.3 Å². The van der Waals surface area contributed by atoms with Gasteiger partial charge in [-0.25, -0.2) is 0 Å². The van der Waals surface area contributed by atoms with Gasteiger partial charge in [0.1, 0.15) is 5.75 Å². The number of fused-ring (bicyclic) bond motifs is 1. The van der Waals surface area contributed by atoms with Gasteiger partial charge in [0.15, 0.2) is 0 Å². The van der Waals surface area contributed by atoms with E-state index in [0.717, 1.165) is 25.3 Å². The molecule has 1 heterocycles. The first-order valence-corrected chi connectivity index (χ1v) is 5.54. The molecule has 15 heavy (non-hydrogen) atoms. The van der Waals surface area contributed by atoms with Gasteiger partial charge >= 0.3 is 0 Å². The fraction of sp³-hybridized carbons (Fsp3) is 0.538. The van der Waals surface area contributed by atoms with Crippen molar-refractivity contribution in [1.82, 2.24) is 0 Å². The third kappa shape index (κ3) is 2.65. The second kappa shape index (κ2) is 3.76. The number of nitrogens with one attached hydrogen (secondary N) is 1. The molecule has 1 aliphatic rings. The standard InChI is InChI=1S/C13H19NO/c1-13(2,3)9-15-11-4-5-12-10(8-11)6-7-14-12/h4-5,8,14H,6-7,9H2,1-3H3. The normalized spacial score (nSPS) is 14.6. The van der Waals surface area contributed by atoms with E-state index in [1.807, 2.05) is 6.07 Å². The van der Waals surface area contributed by atoms with Crippen LogP contribution in [0.3, 0.4) is 0 Å². The maximum absolute atomic E-state index is 5.77. The van der Waals surface area contributed by atoms with Crippen molar-refractivity contribution in [3.8, 4) is 5.75 Å². The summed E-state index contributed by atoms with van der Waals surface area (Å²) in [5.74, 6) is 0.993. The number of hydrogen-bond donors (Lipinski definition) is 1. The van der Waals surface area contributed by atoms with E-state index in [1.54, 1.807) is 0 Å². The summed E-state index contributed by atoms with van der Waals surface area (Å²) in [5, 5.41) is 3.34. The second-order valence-corrected chi connectivity index (χ2v) is 5.35. The molecule has 2 rings (SSSR count). The predicted molar refractivity (Wildman–Crippen MR) is 63.6 cm³/mol. The van der Waals surface area contributed by atoms with Gasteiger partial charge in [-0.05, 0) is 35.6 Å². The highest BCUT2D eigenvalue weighted by Gasteiger charge is 2.13. The van der Waals surface area contributed by atoms with Gasteiger partial charge in [0.05, 0.1) is 6.61 Å². The quantitative estimate of drug-likeness (QED) is 0.801. The molecule has 0 unspecified atom stereocenters. The van der Waals surface area contributed by atoms with E-state index < -0.39 is 0 Å². The molecule has 0 atom stereocenters. The lowest BCUT2D eigenvalue weighted by molar-refractivity contribution is 0.198. The van der Waals surface area contributed by atoms with Gasteiger partial charge in [0, 0.05) is 12.2 Å². The number of benzene rings is 1. The molecule has 1 aromatic rings. The Balaban J connectivity index is 2.04. The van der Waals surface area contributed by atoms with Gasteiger partial charge in [0.2, 0.25) is 0 Å². The summed E-state index contributed by atoms with van der Waals surface area (Å²) in [4.78, 5) is 0. The average molecular weight is 205 g/mol. The molecular weight excluding hydrogens is 186 g/mol. The third-order valence-electron chi connectivity index (χ3n) is 2.46. The molecule has 0 saturated heterocycles. The molecule has 1 aromatic carbocycles.